The second-order valence-electron chi connectivity index (χ2n) is 5.40. The number of benzene rings is 1. The fourth-order valence-electron chi connectivity index (χ4n) is 2.18. The van der Waals surface area contributed by atoms with Crippen molar-refractivity contribution in [3.63, 3.8) is 0 Å². The van der Waals surface area contributed by atoms with E-state index < -0.39 is 5.97 Å². The minimum Gasteiger partial charge on any atom is -0.481 e. The molecule has 4 nitrogen and oxygen atoms in total. The van der Waals surface area contributed by atoms with Gasteiger partial charge in [-0.1, -0.05) is 41.5 Å². The molecule has 0 aliphatic rings. The Hall–Kier alpha value is -1.01. The quantitative estimate of drug-likeness (QED) is 0.733. The molecule has 114 valence electrons. The van der Waals surface area contributed by atoms with E-state index in [2.05, 4.69) is 39.3 Å². The zero-order valence-electron chi connectivity index (χ0n) is 12.2. The highest BCUT2D eigenvalue weighted by atomic mass is 79.9. The zero-order chi connectivity index (χ0) is 15.4. The minimum absolute atomic E-state index is 0.0364. The molecule has 0 unspecified atom stereocenters. The third-order valence-corrected chi connectivity index (χ3v) is 4.62. The molecule has 0 atom stereocenters. The number of fused-ring (bicyclic) bond motifs is 1. The number of aliphatic carboxylic acids is 1. The summed E-state index contributed by atoms with van der Waals surface area (Å²) in [4.78, 5) is 15.4. The number of carbonyl (C=O) groups is 1. The molecule has 6 heteroatoms. The molecule has 0 aliphatic heterocycles. The molecule has 0 fully saturated rings. The predicted molar refractivity (Wildman–Crippen MR) is 89.9 cm³/mol. The van der Waals surface area contributed by atoms with Crippen LogP contribution in [-0.2, 0) is 11.3 Å². The highest BCUT2D eigenvalue weighted by molar-refractivity contribution is 9.10. The average Bonchev–Trinajstić information content (AvgIpc) is 2.74. The number of imidazole rings is 1. The van der Waals surface area contributed by atoms with E-state index in [1.54, 1.807) is 0 Å². The van der Waals surface area contributed by atoms with Gasteiger partial charge in [0.1, 0.15) is 0 Å². The van der Waals surface area contributed by atoms with Gasteiger partial charge in [-0.25, -0.2) is 4.98 Å². The van der Waals surface area contributed by atoms with Crippen LogP contribution in [0.4, 0.5) is 0 Å². The van der Waals surface area contributed by atoms with Crippen molar-refractivity contribution in [2.75, 3.05) is 5.75 Å². The summed E-state index contributed by atoms with van der Waals surface area (Å²) in [7, 11) is 0. The Morgan fingerprint density at radius 2 is 2.24 bits per heavy atom. The van der Waals surface area contributed by atoms with Gasteiger partial charge in [-0.05, 0) is 37.0 Å². The van der Waals surface area contributed by atoms with Crippen LogP contribution in [0.2, 0.25) is 0 Å². The number of aryl methyl sites for hydroxylation is 1. The Balaban J connectivity index is 2.28. The Kier molecular flexibility index (Phi) is 5.70. The van der Waals surface area contributed by atoms with Crippen molar-refractivity contribution >= 4 is 44.7 Å². The molecule has 1 N–H and O–H groups in total. The standard InChI is InChI=1S/C15H19BrN2O2S/c1-10(2)4-3-7-18-13-8-11(16)5-6-12(13)17-15(18)21-9-14(19)20/h5-6,8,10H,3-4,7,9H2,1-2H3,(H,19,20). The molecular formula is C15H19BrN2O2S. The van der Waals surface area contributed by atoms with Crippen LogP contribution in [0.5, 0.6) is 0 Å². The molecule has 1 heterocycles. The highest BCUT2D eigenvalue weighted by Crippen LogP contribution is 2.27. The fourth-order valence-corrected chi connectivity index (χ4v) is 3.29. The maximum atomic E-state index is 10.8. The number of aromatic nitrogens is 2. The molecule has 1 aromatic heterocycles. The van der Waals surface area contributed by atoms with E-state index in [-0.39, 0.29) is 5.75 Å². The second-order valence-corrected chi connectivity index (χ2v) is 7.26. The summed E-state index contributed by atoms with van der Waals surface area (Å²) in [5.41, 5.74) is 1.97. The van der Waals surface area contributed by atoms with E-state index in [9.17, 15) is 4.79 Å². The lowest BCUT2D eigenvalue weighted by Gasteiger charge is -2.09. The summed E-state index contributed by atoms with van der Waals surface area (Å²) in [5.74, 6) is -0.113. The van der Waals surface area contributed by atoms with Crippen LogP contribution in [0.15, 0.2) is 27.8 Å². The van der Waals surface area contributed by atoms with Crippen molar-refractivity contribution in [1.29, 1.82) is 0 Å². The Labute approximate surface area is 137 Å². The lowest BCUT2D eigenvalue weighted by molar-refractivity contribution is -0.133. The fraction of sp³-hybridized carbons (Fsp3) is 0.467. The topological polar surface area (TPSA) is 55.1 Å². The molecular weight excluding hydrogens is 352 g/mol. The van der Waals surface area contributed by atoms with Crippen LogP contribution in [0, 0.1) is 5.92 Å². The molecule has 0 radical (unpaired) electrons. The lowest BCUT2D eigenvalue weighted by Crippen LogP contribution is -2.04. The van der Waals surface area contributed by atoms with Crippen molar-refractivity contribution < 1.29 is 9.90 Å². The van der Waals surface area contributed by atoms with Gasteiger partial charge in [0.15, 0.2) is 5.16 Å². The van der Waals surface area contributed by atoms with Crippen LogP contribution in [0.25, 0.3) is 11.0 Å². The first-order valence-electron chi connectivity index (χ1n) is 6.97. The minimum atomic E-state index is -0.818. The largest absolute Gasteiger partial charge is 0.481 e. The van der Waals surface area contributed by atoms with Gasteiger partial charge >= 0.3 is 5.97 Å². The number of halogens is 1. The molecule has 0 aliphatic carbocycles. The molecule has 0 amide bonds. The Bertz CT molecular complexity index is 640. The number of rotatable bonds is 7. The smallest absolute Gasteiger partial charge is 0.313 e. The van der Waals surface area contributed by atoms with Gasteiger partial charge in [0, 0.05) is 11.0 Å². The molecule has 0 spiro atoms. The number of carboxylic acids is 1. The number of nitrogens with zero attached hydrogens (tertiary/aromatic N) is 2. The van der Waals surface area contributed by atoms with E-state index in [4.69, 9.17) is 5.11 Å². The third kappa shape index (κ3) is 4.48. The first-order chi connectivity index (χ1) is 9.97. The lowest BCUT2D eigenvalue weighted by atomic mass is 10.1. The highest BCUT2D eigenvalue weighted by Gasteiger charge is 2.13. The number of hydrogen-bond donors (Lipinski definition) is 1. The summed E-state index contributed by atoms with van der Waals surface area (Å²) < 4.78 is 3.14. The average molecular weight is 371 g/mol. The van der Waals surface area contributed by atoms with Gasteiger partial charge in [-0.15, -0.1) is 0 Å². The first kappa shape index (κ1) is 16.4. The summed E-state index contributed by atoms with van der Waals surface area (Å²) >= 11 is 4.77. The van der Waals surface area contributed by atoms with Crippen molar-refractivity contribution in [2.45, 2.75) is 38.4 Å². The van der Waals surface area contributed by atoms with Gasteiger partial charge in [0.25, 0.3) is 0 Å². The van der Waals surface area contributed by atoms with Crippen molar-refractivity contribution in [1.82, 2.24) is 9.55 Å². The second kappa shape index (κ2) is 7.31. The van der Waals surface area contributed by atoms with Crippen LogP contribution in [0.1, 0.15) is 26.7 Å². The van der Waals surface area contributed by atoms with Gasteiger partial charge in [-0.3, -0.25) is 4.79 Å². The number of thioether (sulfide) groups is 1. The molecule has 2 aromatic rings. The zero-order valence-corrected chi connectivity index (χ0v) is 14.6. The molecule has 2 rings (SSSR count). The molecule has 0 saturated carbocycles. The third-order valence-electron chi connectivity index (χ3n) is 3.16. The van der Waals surface area contributed by atoms with Gasteiger partial charge < -0.3 is 9.67 Å². The van der Waals surface area contributed by atoms with E-state index >= 15 is 0 Å². The monoisotopic (exact) mass is 370 g/mol. The maximum Gasteiger partial charge on any atom is 0.313 e. The Morgan fingerprint density at radius 3 is 2.90 bits per heavy atom. The summed E-state index contributed by atoms with van der Waals surface area (Å²) in [6.07, 6.45) is 2.22. The summed E-state index contributed by atoms with van der Waals surface area (Å²) in [6, 6.07) is 5.96. The van der Waals surface area contributed by atoms with Gasteiger partial charge in [-0.2, -0.15) is 0 Å². The van der Waals surface area contributed by atoms with Crippen LogP contribution in [-0.4, -0.2) is 26.4 Å². The summed E-state index contributed by atoms with van der Waals surface area (Å²) in [6.45, 7) is 5.29. The first-order valence-corrected chi connectivity index (χ1v) is 8.75. The maximum absolute atomic E-state index is 10.8. The van der Waals surface area contributed by atoms with Gasteiger partial charge in [0.2, 0.25) is 0 Å². The van der Waals surface area contributed by atoms with Gasteiger partial charge in [0.05, 0.1) is 16.8 Å². The van der Waals surface area contributed by atoms with E-state index in [0.29, 0.717) is 5.92 Å². The molecule has 1 aromatic carbocycles. The van der Waals surface area contributed by atoms with Crippen LogP contribution >= 0.6 is 27.7 Å². The summed E-state index contributed by atoms with van der Waals surface area (Å²) in [5, 5.41) is 9.65. The van der Waals surface area contributed by atoms with E-state index in [1.165, 1.54) is 11.8 Å². The SMILES string of the molecule is CC(C)CCCn1c(SCC(=O)O)nc2ccc(Br)cc21. The van der Waals surface area contributed by atoms with Crippen molar-refractivity contribution in [3.05, 3.63) is 22.7 Å². The predicted octanol–water partition coefficient (Wildman–Crippen LogP) is 4.41. The van der Waals surface area contributed by atoms with Crippen molar-refractivity contribution in [3.8, 4) is 0 Å². The molecule has 0 bridgehead atoms. The number of hydrogen-bond acceptors (Lipinski definition) is 3. The van der Waals surface area contributed by atoms with Crippen molar-refractivity contribution in [2.24, 2.45) is 5.92 Å². The molecule has 0 saturated heterocycles. The van der Waals surface area contributed by atoms with Crippen LogP contribution < -0.4 is 0 Å². The normalized spacial score (nSPS) is 11.4. The van der Waals surface area contributed by atoms with E-state index in [1.807, 2.05) is 18.2 Å². The Morgan fingerprint density at radius 1 is 1.48 bits per heavy atom. The number of carboxylic acid groups (broad SMARTS) is 1. The molecule has 21 heavy (non-hydrogen) atoms. The van der Waals surface area contributed by atoms with Crippen LogP contribution in [0.3, 0.4) is 0 Å². The van der Waals surface area contributed by atoms with E-state index in [0.717, 1.165) is 40.0 Å².